The lowest BCUT2D eigenvalue weighted by molar-refractivity contribution is -0.144. The first kappa shape index (κ1) is 21.5. The minimum atomic E-state index is -0.471. The molecule has 31 heavy (non-hydrogen) atoms. The molecule has 4 saturated carbocycles. The molecule has 0 amide bonds. The lowest BCUT2D eigenvalue weighted by Crippen LogP contribution is -2.55. The van der Waals surface area contributed by atoms with Crippen molar-refractivity contribution < 1.29 is 19.2 Å². The molecule has 4 aliphatic rings. The van der Waals surface area contributed by atoms with Gasteiger partial charge in [0.1, 0.15) is 5.76 Å². The van der Waals surface area contributed by atoms with E-state index in [1.807, 2.05) is 19.9 Å². The largest absolute Gasteiger partial charge is 0.461 e. The molecule has 0 radical (unpaired) electrons. The summed E-state index contributed by atoms with van der Waals surface area (Å²) in [5.74, 6) is 3.77. The highest BCUT2D eigenvalue weighted by molar-refractivity contribution is 5.87. The fourth-order valence-corrected chi connectivity index (χ4v) is 8.65. The van der Waals surface area contributed by atoms with E-state index in [-0.39, 0.29) is 11.4 Å². The van der Waals surface area contributed by atoms with Crippen molar-refractivity contribution in [2.24, 2.45) is 34.5 Å². The molecular weight excluding hydrogens is 390 g/mol. The Bertz CT molecular complexity index is 846. The van der Waals surface area contributed by atoms with Crippen LogP contribution < -0.4 is 0 Å². The zero-order valence-corrected chi connectivity index (χ0v) is 19.7. The molecule has 5 rings (SSSR count). The van der Waals surface area contributed by atoms with E-state index in [4.69, 9.17) is 9.26 Å². The number of carbonyl (C=O) groups excluding carboxylic acids is 1. The summed E-state index contributed by atoms with van der Waals surface area (Å²) in [4.78, 5) is 12.1. The van der Waals surface area contributed by atoms with E-state index in [0.29, 0.717) is 35.5 Å². The fraction of sp³-hybridized carbons (Fsp3) is 0.846. The van der Waals surface area contributed by atoms with Gasteiger partial charge in [0.05, 0.1) is 12.2 Å². The van der Waals surface area contributed by atoms with Crippen LogP contribution in [0.2, 0.25) is 0 Å². The molecule has 1 aromatic rings. The summed E-state index contributed by atoms with van der Waals surface area (Å²) >= 11 is 0. The van der Waals surface area contributed by atoms with E-state index in [1.54, 1.807) is 0 Å². The summed E-state index contributed by atoms with van der Waals surface area (Å²) in [6.45, 7) is 9.21. The molecule has 172 valence electrons. The average molecular weight is 430 g/mol. The topological polar surface area (TPSA) is 72.6 Å². The number of carbonyl (C=O) groups is 1. The van der Waals surface area contributed by atoms with E-state index in [0.717, 1.165) is 36.9 Å². The van der Waals surface area contributed by atoms with Crippen molar-refractivity contribution >= 4 is 5.97 Å². The van der Waals surface area contributed by atoms with Crippen LogP contribution in [0.3, 0.4) is 0 Å². The molecule has 1 heterocycles. The number of hydrogen-bond acceptors (Lipinski definition) is 5. The Morgan fingerprint density at radius 2 is 1.87 bits per heavy atom. The van der Waals surface area contributed by atoms with Crippen LogP contribution in [0.1, 0.15) is 108 Å². The van der Waals surface area contributed by atoms with Crippen LogP contribution in [0.5, 0.6) is 0 Å². The van der Waals surface area contributed by atoms with E-state index >= 15 is 0 Å². The SMILES string of the molecule is CCOC(=O)c1cc(C2CC[C@H]3[C@@H]4CCC5CC(C)(O)CC[C@]5(C)[C@@H]4CC[C@]23C)on1. The minimum absolute atomic E-state index is 0.218. The molecule has 0 saturated heterocycles. The maximum absolute atomic E-state index is 12.1. The summed E-state index contributed by atoms with van der Waals surface area (Å²) < 4.78 is 10.8. The molecule has 3 unspecified atom stereocenters. The molecular formula is C26H39NO4. The summed E-state index contributed by atoms with van der Waals surface area (Å²) in [6, 6.07) is 1.84. The second-order valence-electron chi connectivity index (χ2n) is 11.9. The van der Waals surface area contributed by atoms with Gasteiger partial charge < -0.3 is 14.4 Å². The van der Waals surface area contributed by atoms with Crippen molar-refractivity contribution in [2.75, 3.05) is 6.61 Å². The first-order valence-electron chi connectivity index (χ1n) is 12.5. The predicted octanol–water partition coefficient (Wildman–Crippen LogP) is 5.73. The first-order valence-corrected chi connectivity index (χ1v) is 12.5. The molecule has 0 spiro atoms. The highest BCUT2D eigenvalue weighted by Gasteiger charge is 2.61. The number of esters is 1. The van der Waals surface area contributed by atoms with Crippen LogP contribution >= 0.6 is 0 Å². The number of ether oxygens (including phenoxy) is 1. The smallest absolute Gasteiger partial charge is 0.360 e. The monoisotopic (exact) mass is 429 g/mol. The second kappa shape index (κ2) is 7.33. The molecule has 4 fully saturated rings. The van der Waals surface area contributed by atoms with Crippen molar-refractivity contribution in [3.8, 4) is 0 Å². The summed E-state index contributed by atoms with van der Waals surface area (Å²) in [5.41, 5.74) is 0.436. The lowest BCUT2D eigenvalue weighted by Gasteiger charge is -2.61. The van der Waals surface area contributed by atoms with Gasteiger partial charge in [-0.05, 0) is 106 Å². The number of aliphatic hydroxyl groups is 1. The highest BCUT2D eigenvalue weighted by Crippen LogP contribution is 2.69. The van der Waals surface area contributed by atoms with Crippen LogP contribution in [0.25, 0.3) is 0 Å². The molecule has 1 aromatic heterocycles. The maximum Gasteiger partial charge on any atom is 0.360 e. The van der Waals surface area contributed by atoms with Crippen LogP contribution in [0.4, 0.5) is 0 Å². The van der Waals surface area contributed by atoms with E-state index < -0.39 is 5.60 Å². The summed E-state index contributed by atoms with van der Waals surface area (Å²) in [7, 11) is 0. The van der Waals surface area contributed by atoms with E-state index in [1.165, 1.54) is 38.5 Å². The van der Waals surface area contributed by atoms with Crippen molar-refractivity contribution in [1.82, 2.24) is 5.16 Å². The Hall–Kier alpha value is -1.36. The molecule has 1 N–H and O–H groups in total. The van der Waals surface area contributed by atoms with Gasteiger partial charge in [-0.3, -0.25) is 0 Å². The van der Waals surface area contributed by atoms with E-state index in [2.05, 4.69) is 19.0 Å². The summed E-state index contributed by atoms with van der Waals surface area (Å²) in [6.07, 6.45) is 10.5. The zero-order valence-electron chi connectivity index (χ0n) is 19.7. The molecule has 0 bridgehead atoms. The van der Waals surface area contributed by atoms with Gasteiger partial charge in [-0.2, -0.15) is 0 Å². The van der Waals surface area contributed by atoms with Gasteiger partial charge in [-0.1, -0.05) is 19.0 Å². The van der Waals surface area contributed by atoms with Gasteiger partial charge in [0.25, 0.3) is 0 Å². The number of aromatic nitrogens is 1. The van der Waals surface area contributed by atoms with Crippen LogP contribution in [0.15, 0.2) is 10.6 Å². The van der Waals surface area contributed by atoms with Gasteiger partial charge in [0.15, 0.2) is 5.69 Å². The highest BCUT2D eigenvalue weighted by atomic mass is 16.5. The number of nitrogens with zero attached hydrogens (tertiary/aromatic N) is 1. The fourth-order valence-electron chi connectivity index (χ4n) is 8.65. The average Bonchev–Trinajstić information content (AvgIpc) is 3.32. The summed E-state index contributed by atoms with van der Waals surface area (Å²) in [5, 5.41) is 14.7. The Morgan fingerprint density at radius 3 is 2.65 bits per heavy atom. The quantitative estimate of drug-likeness (QED) is 0.621. The molecule has 0 aromatic carbocycles. The van der Waals surface area contributed by atoms with Crippen LogP contribution in [-0.2, 0) is 4.74 Å². The molecule has 4 aliphatic carbocycles. The Balaban J connectivity index is 1.37. The standard InChI is InChI=1S/C26H39NO4/c1-5-30-23(28)21-14-22(31-27-21)20-9-8-18-17-7-6-16-15-24(2,29)12-13-25(16,3)19(17)10-11-26(18,20)4/h14,16-20,29H,5-13,15H2,1-4H3/t16?,17-,18-,19+,20?,24?,25-,26-/m0/s1. The van der Waals surface area contributed by atoms with E-state index in [9.17, 15) is 9.90 Å². The third-order valence-corrected chi connectivity index (χ3v) is 10.3. The third kappa shape index (κ3) is 3.29. The molecule has 5 nitrogen and oxygen atoms in total. The van der Waals surface area contributed by atoms with Crippen molar-refractivity contribution in [3.05, 3.63) is 17.5 Å². The molecule has 5 heteroatoms. The molecule has 0 aliphatic heterocycles. The van der Waals surface area contributed by atoms with Gasteiger partial charge in [0.2, 0.25) is 0 Å². The third-order valence-electron chi connectivity index (χ3n) is 10.3. The van der Waals surface area contributed by atoms with Gasteiger partial charge in [-0.25, -0.2) is 4.79 Å². The van der Waals surface area contributed by atoms with Crippen molar-refractivity contribution in [2.45, 2.75) is 97.0 Å². The Labute approximate surface area is 186 Å². The van der Waals surface area contributed by atoms with Crippen LogP contribution in [-0.4, -0.2) is 28.4 Å². The second-order valence-corrected chi connectivity index (χ2v) is 11.9. The first-order chi connectivity index (χ1) is 14.7. The number of fused-ring (bicyclic) bond motifs is 5. The Morgan fingerprint density at radius 1 is 1.10 bits per heavy atom. The number of hydrogen-bond donors (Lipinski definition) is 1. The normalized spacial score (nSPS) is 46.7. The maximum atomic E-state index is 12.1. The number of rotatable bonds is 3. The Kier molecular flexibility index (Phi) is 5.08. The van der Waals surface area contributed by atoms with Crippen molar-refractivity contribution in [1.29, 1.82) is 0 Å². The predicted molar refractivity (Wildman–Crippen MR) is 118 cm³/mol. The minimum Gasteiger partial charge on any atom is -0.461 e. The van der Waals surface area contributed by atoms with Crippen LogP contribution in [0, 0.1) is 34.5 Å². The van der Waals surface area contributed by atoms with Crippen molar-refractivity contribution in [3.63, 3.8) is 0 Å². The van der Waals surface area contributed by atoms with Gasteiger partial charge >= 0.3 is 5.97 Å². The van der Waals surface area contributed by atoms with Gasteiger partial charge in [0, 0.05) is 12.0 Å². The molecule has 8 atom stereocenters. The van der Waals surface area contributed by atoms with Gasteiger partial charge in [-0.15, -0.1) is 0 Å². The lowest BCUT2D eigenvalue weighted by atomic mass is 9.44. The zero-order chi connectivity index (χ0) is 22.0.